The quantitative estimate of drug-likeness (QED) is 0.633. The van der Waals surface area contributed by atoms with Gasteiger partial charge in [0.1, 0.15) is 0 Å². The van der Waals surface area contributed by atoms with Gasteiger partial charge >= 0.3 is 41.5 Å². The molecule has 6 heteroatoms. The minimum atomic E-state index is -1.34. The van der Waals surface area contributed by atoms with Crippen LogP contribution in [0.1, 0.15) is 20.8 Å². The maximum absolute atomic E-state index is 10.4. The standard InChI is InChI=1S/C7H5NO4.Na.H/c9-6(10)4-2-1-3-8-5(4)7(11)12;;/h1-3H,(H,9,10)(H,11,12);;. The van der Waals surface area contributed by atoms with E-state index in [1.807, 2.05) is 0 Å². The van der Waals surface area contributed by atoms with Gasteiger partial charge in [-0.05, 0) is 12.1 Å². The SMILES string of the molecule is O=C(O)c1cccnc1C(=O)O.[NaH]. The Morgan fingerprint density at radius 2 is 1.85 bits per heavy atom. The molecule has 64 valence electrons. The van der Waals surface area contributed by atoms with E-state index in [1.54, 1.807) is 0 Å². The summed E-state index contributed by atoms with van der Waals surface area (Å²) in [5.74, 6) is -2.63. The fourth-order valence-corrected chi connectivity index (χ4v) is 0.748. The van der Waals surface area contributed by atoms with E-state index < -0.39 is 17.6 Å². The van der Waals surface area contributed by atoms with Crippen molar-refractivity contribution in [1.29, 1.82) is 0 Å². The van der Waals surface area contributed by atoms with Crippen LogP contribution in [0, 0.1) is 0 Å². The van der Waals surface area contributed by atoms with Crippen molar-refractivity contribution in [2.45, 2.75) is 0 Å². The number of pyridine rings is 1. The molecule has 0 unspecified atom stereocenters. The molecule has 2 N–H and O–H groups in total. The first-order valence-electron chi connectivity index (χ1n) is 3.04. The summed E-state index contributed by atoms with van der Waals surface area (Å²) in [6.07, 6.45) is 1.23. The summed E-state index contributed by atoms with van der Waals surface area (Å²) in [5, 5.41) is 17.0. The summed E-state index contributed by atoms with van der Waals surface area (Å²) >= 11 is 0. The van der Waals surface area contributed by atoms with Gasteiger partial charge in [-0.1, -0.05) is 0 Å². The normalized spacial score (nSPS) is 8.62. The van der Waals surface area contributed by atoms with Crippen LogP contribution in [0.4, 0.5) is 0 Å². The molecule has 0 aromatic carbocycles. The van der Waals surface area contributed by atoms with E-state index in [0.717, 1.165) is 0 Å². The second kappa shape index (κ2) is 4.96. The van der Waals surface area contributed by atoms with Crippen LogP contribution in [0.15, 0.2) is 18.3 Å². The van der Waals surface area contributed by atoms with Crippen molar-refractivity contribution in [3.63, 3.8) is 0 Å². The Bertz CT molecular complexity index is 306. The first kappa shape index (κ1) is 12.1. The average Bonchev–Trinajstić information content (AvgIpc) is 2.04. The van der Waals surface area contributed by atoms with Crippen LogP contribution >= 0.6 is 0 Å². The van der Waals surface area contributed by atoms with E-state index in [0.29, 0.717) is 0 Å². The van der Waals surface area contributed by atoms with Gasteiger partial charge in [0, 0.05) is 6.20 Å². The number of aromatic nitrogens is 1. The van der Waals surface area contributed by atoms with E-state index in [-0.39, 0.29) is 35.1 Å². The molecule has 0 atom stereocenters. The number of hydrogen-bond donors (Lipinski definition) is 2. The minimum absolute atomic E-state index is 0. The maximum atomic E-state index is 10.4. The topological polar surface area (TPSA) is 87.5 Å². The fourth-order valence-electron chi connectivity index (χ4n) is 0.748. The van der Waals surface area contributed by atoms with Gasteiger partial charge in [0.2, 0.25) is 0 Å². The number of carbonyl (C=O) groups is 2. The van der Waals surface area contributed by atoms with Crippen LogP contribution in [-0.4, -0.2) is 56.7 Å². The molecule has 1 rings (SSSR count). The first-order chi connectivity index (χ1) is 5.63. The fraction of sp³-hybridized carbons (Fsp3) is 0. The molecule has 0 radical (unpaired) electrons. The van der Waals surface area contributed by atoms with Crippen molar-refractivity contribution in [1.82, 2.24) is 4.98 Å². The molecule has 0 saturated carbocycles. The Labute approximate surface area is 95.7 Å². The summed E-state index contributed by atoms with van der Waals surface area (Å²) < 4.78 is 0. The molecular formula is C7H6NNaO4. The Morgan fingerprint density at radius 1 is 1.23 bits per heavy atom. The number of hydrogen-bond acceptors (Lipinski definition) is 3. The van der Waals surface area contributed by atoms with Gasteiger partial charge in [0.25, 0.3) is 0 Å². The number of rotatable bonds is 2. The van der Waals surface area contributed by atoms with Crippen molar-refractivity contribution in [2.24, 2.45) is 0 Å². The van der Waals surface area contributed by atoms with Crippen molar-refractivity contribution >= 4 is 41.5 Å². The van der Waals surface area contributed by atoms with E-state index >= 15 is 0 Å². The molecule has 0 amide bonds. The number of nitrogens with zero attached hydrogens (tertiary/aromatic N) is 1. The molecule has 0 spiro atoms. The Balaban J connectivity index is 0.00000144. The number of carboxylic acids is 2. The summed E-state index contributed by atoms with van der Waals surface area (Å²) in [6, 6.07) is 2.56. The van der Waals surface area contributed by atoms with Crippen molar-refractivity contribution < 1.29 is 19.8 Å². The zero-order valence-corrected chi connectivity index (χ0v) is 5.89. The summed E-state index contributed by atoms with van der Waals surface area (Å²) in [7, 11) is 0. The molecule has 1 aromatic rings. The van der Waals surface area contributed by atoms with Gasteiger partial charge in [-0.25, -0.2) is 14.6 Å². The van der Waals surface area contributed by atoms with Crippen LogP contribution in [0.3, 0.4) is 0 Å². The van der Waals surface area contributed by atoms with Crippen LogP contribution in [-0.2, 0) is 0 Å². The van der Waals surface area contributed by atoms with Gasteiger partial charge in [-0.2, -0.15) is 0 Å². The van der Waals surface area contributed by atoms with Gasteiger partial charge in [-0.3, -0.25) is 0 Å². The van der Waals surface area contributed by atoms with Gasteiger partial charge in [0.15, 0.2) is 5.69 Å². The van der Waals surface area contributed by atoms with Gasteiger partial charge < -0.3 is 10.2 Å². The third kappa shape index (κ3) is 2.80. The molecule has 0 bridgehead atoms. The molecule has 1 aromatic heterocycles. The second-order valence-corrected chi connectivity index (χ2v) is 2.01. The molecule has 0 aliphatic carbocycles. The van der Waals surface area contributed by atoms with Crippen LogP contribution in [0.5, 0.6) is 0 Å². The van der Waals surface area contributed by atoms with Gasteiger partial charge in [-0.15, -0.1) is 0 Å². The second-order valence-electron chi connectivity index (χ2n) is 2.01. The van der Waals surface area contributed by atoms with Crippen LogP contribution < -0.4 is 0 Å². The van der Waals surface area contributed by atoms with Crippen molar-refractivity contribution in [2.75, 3.05) is 0 Å². The third-order valence-corrected chi connectivity index (χ3v) is 1.24. The third-order valence-electron chi connectivity index (χ3n) is 1.24. The predicted octanol–water partition coefficient (Wildman–Crippen LogP) is -0.171. The Morgan fingerprint density at radius 3 is 2.23 bits per heavy atom. The molecular weight excluding hydrogens is 185 g/mol. The Hall–Kier alpha value is -0.910. The summed E-state index contributed by atoms with van der Waals surface area (Å²) in [5.41, 5.74) is -0.741. The molecule has 0 fully saturated rings. The molecule has 5 nitrogen and oxygen atoms in total. The predicted molar refractivity (Wildman–Crippen MR) is 45.3 cm³/mol. The number of aromatic carboxylic acids is 2. The molecule has 0 aliphatic heterocycles. The van der Waals surface area contributed by atoms with Crippen molar-refractivity contribution in [3.8, 4) is 0 Å². The molecule has 0 aliphatic rings. The molecule has 0 saturated heterocycles. The zero-order chi connectivity index (χ0) is 9.14. The van der Waals surface area contributed by atoms with Crippen LogP contribution in [0.2, 0.25) is 0 Å². The zero-order valence-electron chi connectivity index (χ0n) is 5.89. The monoisotopic (exact) mass is 191 g/mol. The molecule has 1 heterocycles. The number of carboxylic acid groups (broad SMARTS) is 2. The van der Waals surface area contributed by atoms with Crippen molar-refractivity contribution in [3.05, 3.63) is 29.6 Å². The average molecular weight is 191 g/mol. The van der Waals surface area contributed by atoms with E-state index in [1.165, 1.54) is 18.3 Å². The Kier molecular flexibility index (Phi) is 4.61. The van der Waals surface area contributed by atoms with E-state index in [9.17, 15) is 9.59 Å². The van der Waals surface area contributed by atoms with E-state index in [4.69, 9.17) is 10.2 Å². The molecule has 13 heavy (non-hydrogen) atoms. The van der Waals surface area contributed by atoms with Gasteiger partial charge in [0.05, 0.1) is 5.56 Å². The summed E-state index contributed by atoms with van der Waals surface area (Å²) in [4.78, 5) is 24.2. The van der Waals surface area contributed by atoms with Crippen LogP contribution in [0.25, 0.3) is 0 Å². The summed E-state index contributed by atoms with van der Waals surface area (Å²) in [6.45, 7) is 0. The first-order valence-corrected chi connectivity index (χ1v) is 3.04. The van der Waals surface area contributed by atoms with E-state index in [2.05, 4.69) is 4.98 Å².